The van der Waals surface area contributed by atoms with Crippen LogP contribution in [-0.2, 0) is 12.5 Å². The Bertz CT molecular complexity index is 965. The van der Waals surface area contributed by atoms with Gasteiger partial charge in [-0.3, -0.25) is 14.9 Å². The Balaban J connectivity index is 2.54. The van der Waals surface area contributed by atoms with E-state index in [4.69, 9.17) is 0 Å². The van der Waals surface area contributed by atoms with Gasteiger partial charge in [-0.25, -0.2) is 4.98 Å². The third kappa shape index (κ3) is 2.27. The first-order valence-electron chi connectivity index (χ1n) is 7.27. The van der Waals surface area contributed by atoms with Crippen molar-refractivity contribution in [2.45, 2.75) is 26.2 Å². The quantitative estimate of drug-likeness (QED) is 0.410. The zero-order valence-corrected chi connectivity index (χ0v) is 13.5. The van der Waals surface area contributed by atoms with Gasteiger partial charge in [-0.05, 0) is 12.1 Å². The van der Waals surface area contributed by atoms with Gasteiger partial charge in [0.1, 0.15) is 5.69 Å². The number of carbonyl (C=O) groups excluding carboxylic acids is 1. The van der Waals surface area contributed by atoms with E-state index in [-0.39, 0.29) is 11.1 Å². The van der Waals surface area contributed by atoms with Crippen molar-refractivity contribution in [3.05, 3.63) is 45.8 Å². The number of aldehydes is 1. The molecule has 6 heteroatoms. The number of aryl methyl sites for hydroxylation is 1. The monoisotopic (exact) mass is 311 g/mol. The first kappa shape index (κ1) is 15.1. The van der Waals surface area contributed by atoms with E-state index in [1.54, 1.807) is 18.2 Å². The largest absolute Gasteiger partial charge is 0.342 e. The fraction of sp³-hybridized carbons (Fsp3) is 0.294. The van der Waals surface area contributed by atoms with Gasteiger partial charge in [0.05, 0.1) is 16.1 Å². The normalized spacial score (nSPS) is 12.0. The van der Waals surface area contributed by atoms with Crippen LogP contribution in [0.15, 0.2) is 24.3 Å². The van der Waals surface area contributed by atoms with E-state index >= 15 is 0 Å². The maximum Gasteiger partial charge on any atom is 0.270 e. The molecule has 2 aromatic heterocycles. The van der Waals surface area contributed by atoms with Crippen molar-refractivity contribution in [3.63, 3.8) is 0 Å². The molecule has 0 radical (unpaired) electrons. The van der Waals surface area contributed by atoms with Crippen LogP contribution in [0.5, 0.6) is 0 Å². The molecule has 3 rings (SSSR count). The lowest BCUT2D eigenvalue weighted by Gasteiger charge is -2.20. The number of fused-ring (bicyclic) bond motifs is 3. The summed E-state index contributed by atoms with van der Waals surface area (Å²) in [6, 6.07) is 6.48. The Morgan fingerprint density at radius 1 is 1.22 bits per heavy atom. The average molecular weight is 311 g/mol. The van der Waals surface area contributed by atoms with Gasteiger partial charge >= 0.3 is 0 Å². The molecule has 6 nitrogen and oxygen atoms in total. The number of pyridine rings is 1. The van der Waals surface area contributed by atoms with Crippen LogP contribution < -0.4 is 0 Å². The van der Waals surface area contributed by atoms with E-state index in [1.165, 1.54) is 6.07 Å². The lowest BCUT2D eigenvalue weighted by Crippen LogP contribution is -2.16. The molecule has 2 heterocycles. The van der Waals surface area contributed by atoms with Gasteiger partial charge in [0.25, 0.3) is 5.69 Å². The molecule has 118 valence electrons. The van der Waals surface area contributed by atoms with Crippen LogP contribution in [0.1, 0.15) is 37.0 Å². The summed E-state index contributed by atoms with van der Waals surface area (Å²) < 4.78 is 1.98. The Morgan fingerprint density at radius 2 is 1.91 bits per heavy atom. The Morgan fingerprint density at radius 3 is 2.48 bits per heavy atom. The summed E-state index contributed by atoms with van der Waals surface area (Å²) in [5, 5.41) is 12.6. The standard InChI is InChI=1S/C17H17N3O3/c1-17(2,3)16-15-13(7-10(9-21)18-16)12-8-11(20(22)23)5-6-14(12)19(15)4/h5-9H,1-4H3. The number of rotatable bonds is 2. The summed E-state index contributed by atoms with van der Waals surface area (Å²) in [5.41, 5.74) is 2.69. The molecule has 0 aliphatic carbocycles. The molecule has 0 bridgehead atoms. The molecule has 0 spiro atoms. The van der Waals surface area contributed by atoms with Crippen LogP contribution in [0.4, 0.5) is 5.69 Å². The number of non-ortho nitro benzene ring substituents is 1. The number of nitro groups is 1. The molecule has 0 N–H and O–H groups in total. The summed E-state index contributed by atoms with van der Waals surface area (Å²) in [7, 11) is 1.91. The van der Waals surface area contributed by atoms with Gasteiger partial charge < -0.3 is 4.57 Å². The zero-order valence-electron chi connectivity index (χ0n) is 13.5. The minimum absolute atomic E-state index is 0.0340. The van der Waals surface area contributed by atoms with Crippen LogP contribution in [0, 0.1) is 10.1 Å². The number of carbonyl (C=O) groups is 1. The summed E-state index contributed by atoms with van der Waals surface area (Å²) in [6.07, 6.45) is 0.713. The molecule has 0 atom stereocenters. The highest BCUT2D eigenvalue weighted by Crippen LogP contribution is 2.36. The fourth-order valence-electron chi connectivity index (χ4n) is 2.95. The number of benzene rings is 1. The second kappa shape index (κ2) is 4.87. The smallest absolute Gasteiger partial charge is 0.270 e. The minimum atomic E-state index is -0.412. The molecule has 1 aromatic carbocycles. The second-order valence-electron chi connectivity index (χ2n) is 6.68. The maximum atomic E-state index is 11.3. The highest BCUT2D eigenvalue weighted by molar-refractivity contribution is 6.10. The van der Waals surface area contributed by atoms with Gasteiger partial charge in [0.15, 0.2) is 6.29 Å². The summed E-state index contributed by atoms with van der Waals surface area (Å²) >= 11 is 0. The molecular weight excluding hydrogens is 294 g/mol. The van der Waals surface area contributed by atoms with Crippen molar-refractivity contribution in [3.8, 4) is 0 Å². The van der Waals surface area contributed by atoms with Crippen molar-refractivity contribution in [2.24, 2.45) is 7.05 Å². The molecule has 0 amide bonds. The van der Waals surface area contributed by atoms with Crippen LogP contribution >= 0.6 is 0 Å². The van der Waals surface area contributed by atoms with Crippen LogP contribution in [0.3, 0.4) is 0 Å². The van der Waals surface area contributed by atoms with Gasteiger partial charge in [-0.15, -0.1) is 0 Å². The van der Waals surface area contributed by atoms with E-state index in [9.17, 15) is 14.9 Å². The highest BCUT2D eigenvalue weighted by atomic mass is 16.6. The van der Waals surface area contributed by atoms with Gasteiger partial charge in [0.2, 0.25) is 0 Å². The number of hydrogen-bond acceptors (Lipinski definition) is 4. The average Bonchev–Trinajstić information content (AvgIpc) is 2.78. The molecule has 0 fully saturated rings. The van der Waals surface area contributed by atoms with Crippen molar-refractivity contribution >= 4 is 33.8 Å². The second-order valence-corrected chi connectivity index (χ2v) is 6.68. The lowest BCUT2D eigenvalue weighted by molar-refractivity contribution is -0.384. The molecule has 0 aliphatic heterocycles. The first-order chi connectivity index (χ1) is 10.7. The third-order valence-corrected chi connectivity index (χ3v) is 4.02. The van der Waals surface area contributed by atoms with Gasteiger partial charge in [0, 0.05) is 40.9 Å². The van der Waals surface area contributed by atoms with Crippen LogP contribution in [-0.4, -0.2) is 20.8 Å². The van der Waals surface area contributed by atoms with Crippen LogP contribution in [0.2, 0.25) is 0 Å². The number of nitro benzene ring substituents is 1. The predicted octanol–water partition coefficient (Wildman–Crippen LogP) is 3.74. The zero-order chi connectivity index (χ0) is 16.9. The topological polar surface area (TPSA) is 78.0 Å². The Kier molecular flexibility index (Phi) is 3.21. The van der Waals surface area contributed by atoms with Crippen molar-refractivity contribution < 1.29 is 9.72 Å². The number of nitrogens with zero attached hydrogens (tertiary/aromatic N) is 3. The van der Waals surface area contributed by atoms with E-state index in [2.05, 4.69) is 4.98 Å². The third-order valence-electron chi connectivity index (χ3n) is 4.02. The van der Waals surface area contributed by atoms with Crippen molar-refractivity contribution in [1.29, 1.82) is 0 Å². The molecular formula is C17H17N3O3. The van der Waals surface area contributed by atoms with Crippen molar-refractivity contribution in [1.82, 2.24) is 9.55 Å². The molecule has 0 aliphatic rings. The van der Waals surface area contributed by atoms with E-state index < -0.39 is 4.92 Å². The molecule has 0 saturated carbocycles. The fourth-order valence-corrected chi connectivity index (χ4v) is 2.95. The Hall–Kier alpha value is -2.76. The minimum Gasteiger partial charge on any atom is -0.342 e. The summed E-state index contributed by atoms with van der Waals surface area (Å²) in [4.78, 5) is 26.4. The SMILES string of the molecule is Cn1c2ccc([N+](=O)[O-])cc2c2cc(C=O)nc(C(C)(C)C)c21. The van der Waals surface area contributed by atoms with E-state index in [0.717, 1.165) is 27.5 Å². The Labute approximate surface area is 132 Å². The van der Waals surface area contributed by atoms with Crippen LogP contribution in [0.25, 0.3) is 21.8 Å². The lowest BCUT2D eigenvalue weighted by atomic mass is 9.90. The van der Waals surface area contributed by atoms with Gasteiger partial charge in [-0.1, -0.05) is 20.8 Å². The number of hydrogen-bond donors (Lipinski definition) is 0. The van der Waals surface area contributed by atoms with E-state index in [0.29, 0.717) is 12.0 Å². The molecule has 0 saturated heterocycles. The van der Waals surface area contributed by atoms with Crippen molar-refractivity contribution in [2.75, 3.05) is 0 Å². The molecule has 0 unspecified atom stereocenters. The van der Waals surface area contributed by atoms with Gasteiger partial charge in [-0.2, -0.15) is 0 Å². The molecule has 23 heavy (non-hydrogen) atoms. The maximum absolute atomic E-state index is 11.3. The highest BCUT2D eigenvalue weighted by Gasteiger charge is 2.24. The molecule has 3 aromatic rings. The number of aromatic nitrogens is 2. The van der Waals surface area contributed by atoms with E-state index in [1.807, 2.05) is 32.4 Å². The summed E-state index contributed by atoms with van der Waals surface area (Å²) in [6.45, 7) is 6.09. The first-order valence-corrected chi connectivity index (χ1v) is 7.27. The predicted molar refractivity (Wildman–Crippen MR) is 89.0 cm³/mol. The summed E-state index contributed by atoms with van der Waals surface area (Å²) in [5.74, 6) is 0.